The molecule has 0 aliphatic heterocycles. The predicted octanol–water partition coefficient (Wildman–Crippen LogP) is 1.31. The van der Waals surface area contributed by atoms with Crippen molar-refractivity contribution in [1.29, 1.82) is 5.26 Å². The third-order valence-corrected chi connectivity index (χ3v) is 3.52. The van der Waals surface area contributed by atoms with Crippen LogP contribution in [-0.2, 0) is 15.8 Å². The Balaban J connectivity index is 2.61. The van der Waals surface area contributed by atoms with Gasteiger partial charge in [0.15, 0.2) is 0 Å². The van der Waals surface area contributed by atoms with E-state index >= 15 is 0 Å². The molecule has 0 fully saturated rings. The fourth-order valence-corrected chi connectivity index (χ4v) is 2.39. The lowest BCUT2D eigenvalue weighted by molar-refractivity contribution is 0.572. The van der Waals surface area contributed by atoms with Crippen molar-refractivity contribution in [2.45, 2.75) is 12.7 Å². The van der Waals surface area contributed by atoms with Crippen LogP contribution < -0.4 is 4.72 Å². The highest BCUT2D eigenvalue weighted by Gasteiger charge is 2.13. The van der Waals surface area contributed by atoms with Crippen molar-refractivity contribution < 1.29 is 8.42 Å². The molecule has 1 aromatic rings. The van der Waals surface area contributed by atoms with Gasteiger partial charge in [0.05, 0.1) is 17.7 Å². The van der Waals surface area contributed by atoms with Crippen molar-refractivity contribution in [3.05, 3.63) is 29.0 Å². The smallest absolute Gasteiger partial charge is 0.215 e. The molecule has 0 bridgehead atoms. The Bertz CT molecular complexity index is 507. The lowest BCUT2D eigenvalue weighted by Gasteiger charge is -2.07. The van der Waals surface area contributed by atoms with Crippen molar-refractivity contribution in [3.63, 3.8) is 0 Å². The number of hydrogen-bond donors (Lipinski definition) is 1. The van der Waals surface area contributed by atoms with Crippen LogP contribution in [0.15, 0.2) is 18.3 Å². The Hall–Kier alpha value is -1.16. The summed E-state index contributed by atoms with van der Waals surface area (Å²) in [6.07, 6.45) is 1.41. The summed E-state index contributed by atoms with van der Waals surface area (Å²) in [4.78, 5) is 3.80. The fraction of sp³-hybridized carbons (Fsp3) is 0.400. The van der Waals surface area contributed by atoms with Gasteiger partial charge in [-0.1, -0.05) is 17.7 Å². The summed E-state index contributed by atoms with van der Waals surface area (Å²) in [6, 6.07) is 5.08. The summed E-state index contributed by atoms with van der Waals surface area (Å²) < 4.78 is 25.6. The summed E-state index contributed by atoms with van der Waals surface area (Å²) in [7, 11) is -3.44. The van der Waals surface area contributed by atoms with Gasteiger partial charge in [0, 0.05) is 12.7 Å². The number of nitriles is 1. The van der Waals surface area contributed by atoms with Gasteiger partial charge < -0.3 is 0 Å². The van der Waals surface area contributed by atoms with Crippen LogP contribution in [0, 0.1) is 17.2 Å². The van der Waals surface area contributed by atoms with Gasteiger partial charge in [-0.25, -0.2) is 18.1 Å². The van der Waals surface area contributed by atoms with Gasteiger partial charge in [-0.2, -0.15) is 5.26 Å². The molecule has 0 unspecified atom stereocenters. The second-order valence-corrected chi connectivity index (χ2v) is 5.82. The average molecular weight is 274 g/mol. The third-order valence-electron chi connectivity index (χ3n) is 1.98. The third kappa shape index (κ3) is 5.13. The Morgan fingerprint density at radius 3 is 2.82 bits per heavy atom. The zero-order chi connectivity index (χ0) is 12.9. The van der Waals surface area contributed by atoms with Crippen LogP contribution in [0.2, 0.25) is 5.15 Å². The van der Waals surface area contributed by atoms with Crippen molar-refractivity contribution in [1.82, 2.24) is 9.71 Å². The van der Waals surface area contributed by atoms with Crippen LogP contribution in [0.3, 0.4) is 0 Å². The quantitative estimate of drug-likeness (QED) is 0.820. The topological polar surface area (TPSA) is 82.9 Å². The highest BCUT2D eigenvalue weighted by molar-refractivity contribution is 7.88. The molecule has 92 valence electrons. The van der Waals surface area contributed by atoms with Crippen molar-refractivity contribution >= 4 is 21.6 Å². The largest absolute Gasteiger partial charge is 0.244 e. The van der Waals surface area contributed by atoms with E-state index in [9.17, 15) is 8.42 Å². The lowest BCUT2D eigenvalue weighted by Crippen LogP contribution is -2.29. The van der Waals surface area contributed by atoms with Gasteiger partial charge in [-0.3, -0.25) is 0 Å². The molecule has 5 nitrogen and oxygen atoms in total. The van der Waals surface area contributed by atoms with Crippen LogP contribution >= 0.6 is 11.6 Å². The Morgan fingerprint density at radius 2 is 2.29 bits per heavy atom. The molecular weight excluding hydrogens is 262 g/mol. The predicted molar refractivity (Wildman–Crippen MR) is 64.7 cm³/mol. The zero-order valence-corrected chi connectivity index (χ0v) is 10.8. The van der Waals surface area contributed by atoms with Gasteiger partial charge in [0.25, 0.3) is 0 Å². The Labute approximate surface area is 105 Å². The first-order valence-corrected chi connectivity index (χ1v) is 6.93. The Kier molecular flexibility index (Phi) is 4.87. The maximum absolute atomic E-state index is 11.6. The highest BCUT2D eigenvalue weighted by atomic mass is 35.5. The Morgan fingerprint density at radius 1 is 1.59 bits per heavy atom. The molecule has 1 N–H and O–H groups in total. The summed E-state index contributed by atoms with van der Waals surface area (Å²) in [6.45, 7) is 1.76. The minimum Gasteiger partial charge on any atom is -0.244 e. The standard InChI is InChI=1S/C10H12ClN3O2S/c1-8(4-12)5-14-17(15,16)7-9-2-3-10(11)13-6-9/h2-3,6,8,14H,5,7H2,1H3/t8-/m0/s1. The maximum Gasteiger partial charge on any atom is 0.215 e. The minimum atomic E-state index is -3.44. The van der Waals surface area contributed by atoms with E-state index in [0.717, 1.165) is 0 Å². The number of aromatic nitrogens is 1. The monoisotopic (exact) mass is 273 g/mol. The number of sulfonamides is 1. The second-order valence-electron chi connectivity index (χ2n) is 3.63. The normalized spacial score (nSPS) is 13.0. The SMILES string of the molecule is C[C@@H](C#N)CNS(=O)(=O)Cc1ccc(Cl)nc1. The first kappa shape index (κ1) is 13.9. The molecule has 1 heterocycles. The molecule has 17 heavy (non-hydrogen) atoms. The molecule has 0 aliphatic carbocycles. The molecule has 7 heteroatoms. The first-order valence-electron chi connectivity index (χ1n) is 4.90. The summed E-state index contributed by atoms with van der Waals surface area (Å²) in [5.74, 6) is -0.525. The minimum absolute atomic E-state index is 0.111. The molecule has 0 aromatic carbocycles. The van der Waals surface area contributed by atoms with E-state index in [0.29, 0.717) is 10.7 Å². The summed E-state index contributed by atoms with van der Waals surface area (Å²) in [5, 5.41) is 8.86. The maximum atomic E-state index is 11.6. The lowest BCUT2D eigenvalue weighted by atomic mass is 10.2. The number of nitrogens with one attached hydrogen (secondary N) is 1. The van der Waals surface area contributed by atoms with Crippen molar-refractivity contribution in [3.8, 4) is 6.07 Å². The van der Waals surface area contributed by atoms with Crippen LogP contribution in [0.1, 0.15) is 12.5 Å². The number of pyridine rings is 1. The van der Waals surface area contributed by atoms with E-state index < -0.39 is 10.0 Å². The van der Waals surface area contributed by atoms with Gasteiger partial charge in [-0.05, 0) is 18.6 Å². The number of nitrogens with zero attached hydrogens (tertiary/aromatic N) is 2. The molecule has 1 rings (SSSR count). The molecule has 1 aromatic heterocycles. The number of hydrogen-bond acceptors (Lipinski definition) is 4. The van der Waals surface area contributed by atoms with Crippen LogP contribution in [0.4, 0.5) is 0 Å². The van der Waals surface area contributed by atoms with Crippen LogP contribution in [-0.4, -0.2) is 19.9 Å². The molecule has 0 saturated heterocycles. The van der Waals surface area contributed by atoms with Gasteiger partial charge >= 0.3 is 0 Å². The van der Waals surface area contributed by atoms with E-state index in [2.05, 4.69) is 9.71 Å². The van der Waals surface area contributed by atoms with Crippen LogP contribution in [0.25, 0.3) is 0 Å². The van der Waals surface area contributed by atoms with Crippen molar-refractivity contribution in [2.75, 3.05) is 6.54 Å². The highest BCUT2D eigenvalue weighted by Crippen LogP contribution is 2.08. The van der Waals surface area contributed by atoms with Gasteiger partial charge in [0.1, 0.15) is 5.15 Å². The zero-order valence-electron chi connectivity index (χ0n) is 9.22. The molecule has 0 amide bonds. The molecule has 1 atom stereocenters. The van der Waals surface area contributed by atoms with Crippen molar-refractivity contribution in [2.24, 2.45) is 5.92 Å². The molecular formula is C10H12ClN3O2S. The van der Waals surface area contributed by atoms with E-state index in [1.165, 1.54) is 12.3 Å². The molecule has 0 aliphatic rings. The second kappa shape index (κ2) is 5.96. The van der Waals surface area contributed by atoms with E-state index in [4.69, 9.17) is 16.9 Å². The summed E-state index contributed by atoms with van der Waals surface area (Å²) in [5.41, 5.74) is 0.548. The average Bonchev–Trinajstić information content (AvgIpc) is 2.29. The molecule has 0 saturated carbocycles. The molecule has 0 spiro atoms. The first-order chi connectivity index (χ1) is 7.93. The van der Waals surface area contributed by atoms with Gasteiger partial charge in [0.2, 0.25) is 10.0 Å². The van der Waals surface area contributed by atoms with Gasteiger partial charge in [-0.15, -0.1) is 0 Å². The van der Waals surface area contributed by atoms with Crippen LogP contribution in [0.5, 0.6) is 0 Å². The fourth-order valence-electron chi connectivity index (χ4n) is 1.06. The van der Waals surface area contributed by atoms with E-state index in [1.54, 1.807) is 13.0 Å². The molecule has 0 radical (unpaired) electrons. The van der Waals surface area contributed by atoms with E-state index in [1.807, 2.05) is 6.07 Å². The van der Waals surface area contributed by atoms with E-state index in [-0.39, 0.29) is 18.2 Å². The number of rotatable bonds is 5. The summed E-state index contributed by atoms with van der Waals surface area (Å²) >= 11 is 5.59. The number of halogens is 1.